The van der Waals surface area contributed by atoms with Crippen molar-refractivity contribution >= 4 is 16.5 Å². The van der Waals surface area contributed by atoms with E-state index in [-0.39, 0.29) is 5.82 Å². The number of anilines is 1. The molecule has 0 atom stereocenters. The molecule has 0 fully saturated rings. The van der Waals surface area contributed by atoms with Crippen LogP contribution >= 0.6 is 0 Å². The summed E-state index contributed by atoms with van der Waals surface area (Å²) in [6.45, 7) is 1.83. The zero-order valence-electron chi connectivity index (χ0n) is 7.34. The van der Waals surface area contributed by atoms with E-state index in [1.54, 1.807) is 12.1 Å². The molecule has 0 bridgehead atoms. The van der Waals surface area contributed by atoms with E-state index in [0.717, 1.165) is 10.9 Å². The van der Waals surface area contributed by atoms with Crippen molar-refractivity contribution in [3.63, 3.8) is 0 Å². The number of benzene rings is 2. The highest BCUT2D eigenvalue weighted by atomic mass is 19.1. The van der Waals surface area contributed by atoms with E-state index < -0.39 is 0 Å². The molecule has 0 amide bonds. The van der Waals surface area contributed by atoms with Gasteiger partial charge in [0.05, 0.1) is 0 Å². The van der Waals surface area contributed by atoms with E-state index in [1.807, 2.05) is 19.1 Å². The molecule has 0 unspecified atom stereocenters. The van der Waals surface area contributed by atoms with Crippen LogP contribution in [0.3, 0.4) is 0 Å². The van der Waals surface area contributed by atoms with Crippen molar-refractivity contribution in [1.29, 1.82) is 0 Å². The number of nitrogens with two attached hydrogens (primary N) is 1. The van der Waals surface area contributed by atoms with Crippen molar-refractivity contribution in [2.24, 2.45) is 0 Å². The van der Waals surface area contributed by atoms with Crippen LogP contribution in [0.5, 0.6) is 0 Å². The maximum Gasteiger partial charge on any atom is 0.131 e. The average molecular weight is 175 g/mol. The summed E-state index contributed by atoms with van der Waals surface area (Å²) in [5, 5.41) is 1.52. The van der Waals surface area contributed by atoms with E-state index in [9.17, 15) is 4.39 Å². The van der Waals surface area contributed by atoms with E-state index in [0.29, 0.717) is 11.1 Å². The minimum Gasteiger partial charge on any atom is -0.398 e. The lowest BCUT2D eigenvalue weighted by atomic mass is 10.0. The first-order valence-electron chi connectivity index (χ1n) is 4.13. The molecule has 2 heteroatoms. The number of aryl methyl sites for hydroxylation is 1. The number of fused-ring (bicyclic) bond motifs is 1. The first-order chi connectivity index (χ1) is 6.20. The van der Waals surface area contributed by atoms with Crippen LogP contribution in [0, 0.1) is 12.7 Å². The maximum atomic E-state index is 13.4. The van der Waals surface area contributed by atoms with E-state index in [2.05, 4.69) is 0 Å². The van der Waals surface area contributed by atoms with Crippen molar-refractivity contribution in [3.8, 4) is 0 Å². The minimum atomic E-state index is -0.206. The molecule has 0 radical (unpaired) electrons. The highest BCUT2D eigenvalue weighted by Gasteiger charge is 2.04. The number of hydrogen-bond donors (Lipinski definition) is 1. The predicted molar refractivity (Wildman–Crippen MR) is 53.1 cm³/mol. The Kier molecular flexibility index (Phi) is 1.69. The van der Waals surface area contributed by atoms with Crippen molar-refractivity contribution < 1.29 is 4.39 Å². The smallest absolute Gasteiger partial charge is 0.131 e. The molecular formula is C11H10FN. The molecule has 0 aliphatic carbocycles. The van der Waals surface area contributed by atoms with Gasteiger partial charge in [0.1, 0.15) is 5.82 Å². The van der Waals surface area contributed by atoms with Gasteiger partial charge in [-0.2, -0.15) is 0 Å². The molecule has 2 aromatic carbocycles. The zero-order chi connectivity index (χ0) is 9.42. The van der Waals surface area contributed by atoms with Crippen LogP contribution in [0.2, 0.25) is 0 Å². The number of hydrogen-bond acceptors (Lipinski definition) is 1. The molecule has 2 rings (SSSR count). The highest BCUT2D eigenvalue weighted by Crippen LogP contribution is 2.25. The molecule has 0 saturated carbocycles. The normalized spacial score (nSPS) is 10.6. The second-order valence-electron chi connectivity index (χ2n) is 3.12. The lowest BCUT2D eigenvalue weighted by Gasteiger charge is -2.05. The number of halogens is 1. The molecule has 66 valence electrons. The summed E-state index contributed by atoms with van der Waals surface area (Å²) in [7, 11) is 0. The summed E-state index contributed by atoms with van der Waals surface area (Å²) in [4.78, 5) is 0. The van der Waals surface area contributed by atoms with Crippen molar-refractivity contribution in [2.45, 2.75) is 6.92 Å². The summed E-state index contributed by atoms with van der Waals surface area (Å²) in [6.07, 6.45) is 0. The van der Waals surface area contributed by atoms with Crippen molar-refractivity contribution in [1.82, 2.24) is 0 Å². The summed E-state index contributed by atoms with van der Waals surface area (Å²) >= 11 is 0. The third-order valence-electron chi connectivity index (χ3n) is 2.30. The van der Waals surface area contributed by atoms with Crippen LogP contribution in [0.4, 0.5) is 10.1 Å². The van der Waals surface area contributed by atoms with Gasteiger partial charge in [-0.25, -0.2) is 4.39 Å². The van der Waals surface area contributed by atoms with Crippen LogP contribution in [0.15, 0.2) is 30.3 Å². The number of rotatable bonds is 0. The Morgan fingerprint density at radius 1 is 1.15 bits per heavy atom. The molecule has 2 N–H and O–H groups in total. The Balaban J connectivity index is 2.97. The molecule has 0 spiro atoms. The van der Waals surface area contributed by atoms with Crippen molar-refractivity contribution in [3.05, 3.63) is 41.7 Å². The quantitative estimate of drug-likeness (QED) is 0.612. The fraction of sp³-hybridized carbons (Fsp3) is 0.0909. The standard InChI is InChI=1S/C11H10FN/c1-7-10(13)6-5-8-3-2-4-9(12)11(7)8/h2-6H,13H2,1H3. The summed E-state index contributed by atoms with van der Waals surface area (Å²) < 4.78 is 13.4. The van der Waals surface area contributed by atoms with E-state index in [1.165, 1.54) is 6.07 Å². The third kappa shape index (κ3) is 1.15. The van der Waals surface area contributed by atoms with Crippen LogP contribution in [-0.2, 0) is 0 Å². The summed E-state index contributed by atoms with van der Waals surface area (Å²) in [6, 6.07) is 8.67. The fourth-order valence-corrected chi connectivity index (χ4v) is 1.52. The molecule has 0 heterocycles. The number of nitrogen functional groups attached to an aromatic ring is 1. The predicted octanol–water partition coefficient (Wildman–Crippen LogP) is 2.87. The van der Waals surface area contributed by atoms with Gasteiger partial charge in [-0.1, -0.05) is 18.2 Å². The van der Waals surface area contributed by atoms with Gasteiger partial charge in [-0.05, 0) is 30.0 Å². The molecule has 0 aromatic heterocycles. The van der Waals surface area contributed by atoms with Crippen LogP contribution in [0.1, 0.15) is 5.56 Å². The summed E-state index contributed by atoms with van der Waals surface area (Å²) in [5.41, 5.74) is 7.14. The maximum absolute atomic E-state index is 13.4. The minimum absolute atomic E-state index is 0.206. The SMILES string of the molecule is Cc1c(N)ccc2cccc(F)c12. The Bertz CT molecular complexity index is 463. The lowest BCUT2D eigenvalue weighted by Crippen LogP contribution is -1.91. The van der Waals surface area contributed by atoms with Gasteiger partial charge in [-0.15, -0.1) is 0 Å². The first-order valence-corrected chi connectivity index (χ1v) is 4.13. The molecule has 2 aromatic rings. The van der Waals surface area contributed by atoms with E-state index in [4.69, 9.17) is 5.73 Å². The summed E-state index contributed by atoms with van der Waals surface area (Å²) in [5.74, 6) is -0.206. The van der Waals surface area contributed by atoms with Gasteiger partial charge >= 0.3 is 0 Å². The van der Waals surface area contributed by atoms with Gasteiger partial charge in [0.15, 0.2) is 0 Å². The van der Waals surface area contributed by atoms with Crippen LogP contribution in [0.25, 0.3) is 10.8 Å². The zero-order valence-corrected chi connectivity index (χ0v) is 7.34. The molecule has 0 aliphatic rings. The molecule has 1 nitrogen and oxygen atoms in total. The molecule has 0 aliphatic heterocycles. The monoisotopic (exact) mass is 175 g/mol. The Morgan fingerprint density at radius 2 is 1.92 bits per heavy atom. The Labute approximate surface area is 76.0 Å². The molecular weight excluding hydrogens is 165 g/mol. The molecule has 13 heavy (non-hydrogen) atoms. The Hall–Kier alpha value is -1.57. The van der Waals surface area contributed by atoms with Crippen LogP contribution < -0.4 is 5.73 Å². The largest absolute Gasteiger partial charge is 0.398 e. The fourth-order valence-electron chi connectivity index (χ4n) is 1.52. The van der Waals surface area contributed by atoms with Gasteiger partial charge in [0.25, 0.3) is 0 Å². The average Bonchev–Trinajstić information content (AvgIpc) is 2.12. The second-order valence-corrected chi connectivity index (χ2v) is 3.12. The third-order valence-corrected chi connectivity index (χ3v) is 2.30. The van der Waals surface area contributed by atoms with E-state index >= 15 is 0 Å². The highest BCUT2D eigenvalue weighted by molar-refractivity contribution is 5.89. The second kappa shape index (κ2) is 2.73. The van der Waals surface area contributed by atoms with Gasteiger partial charge in [0.2, 0.25) is 0 Å². The van der Waals surface area contributed by atoms with Crippen LogP contribution in [-0.4, -0.2) is 0 Å². The van der Waals surface area contributed by atoms with Gasteiger partial charge in [0, 0.05) is 11.1 Å². The first kappa shape index (κ1) is 8.05. The topological polar surface area (TPSA) is 26.0 Å². The molecule has 0 saturated heterocycles. The van der Waals surface area contributed by atoms with Crippen molar-refractivity contribution in [2.75, 3.05) is 5.73 Å². The Morgan fingerprint density at radius 3 is 2.69 bits per heavy atom. The lowest BCUT2D eigenvalue weighted by molar-refractivity contribution is 0.639. The van der Waals surface area contributed by atoms with Gasteiger partial charge < -0.3 is 5.73 Å². The van der Waals surface area contributed by atoms with Gasteiger partial charge in [-0.3, -0.25) is 0 Å².